The molecule has 100 valence electrons. The maximum Gasteiger partial charge on any atom is 0.185 e. The molecule has 2 atom stereocenters. The Morgan fingerprint density at radius 3 is 2.67 bits per heavy atom. The first-order valence-corrected chi connectivity index (χ1v) is 7.51. The van der Waals surface area contributed by atoms with Crippen molar-refractivity contribution in [2.24, 2.45) is 0 Å². The standard InChI is InChI=1S/C13H17BrO3S/c1-3-9-6-10(14)4-5-11(9)13(17)12(16)7-18-8(2)15/h4-6,12-13,16-17H,3,7H2,1-2H3. The number of hydrogen-bond acceptors (Lipinski definition) is 4. The van der Waals surface area contributed by atoms with Crippen LogP contribution in [0.5, 0.6) is 0 Å². The lowest BCUT2D eigenvalue weighted by molar-refractivity contribution is -0.109. The van der Waals surface area contributed by atoms with Crippen LogP contribution >= 0.6 is 27.7 Å². The van der Waals surface area contributed by atoms with E-state index in [9.17, 15) is 15.0 Å². The molecule has 5 heteroatoms. The zero-order valence-electron chi connectivity index (χ0n) is 10.4. The fourth-order valence-corrected chi connectivity index (χ4v) is 2.67. The summed E-state index contributed by atoms with van der Waals surface area (Å²) in [6.07, 6.45) is -1.12. The van der Waals surface area contributed by atoms with Crippen molar-refractivity contribution in [2.75, 3.05) is 5.75 Å². The summed E-state index contributed by atoms with van der Waals surface area (Å²) in [6, 6.07) is 5.57. The van der Waals surface area contributed by atoms with Crippen LogP contribution < -0.4 is 0 Å². The van der Waals surface area contributed by atoms with Crippen LogP contribution in [0.25, 0.3) is 0 Å². The van der Waals surface area contributed by atoms with Crippen LogP contribution in [0.3, 0.4) is 0 Å². The largest absolute Gasteiger partial charge is 0.389 e. The van der Waals surface area contributed by atoms with Crippen molar-refractivity contribution >= 4 is 32.8 Å². The molecule has 1 aromatic rings. The van der Waals surface area contributed by atoms with E-state index in [4.69, 9.17) is 0 Å². The van der Waals surface area contributed by atoms with E-state index in [2.05, 4.69) is 15.9 Å². The second-order valence-electron chi connectivity index (χ2n) is 4.01. The highest BCUT2D eigenvalue weighted by Crippen LogP contribution is 2.26. The molecule has 0 aliphatic heterocycles. The Bertz CT molecular complexity index is 423. The lowest BCUT2D eigenvalue weighted by Crippen LogP contribution is -2.22. The molecule has 0 saturated heterocycles. The maximum atomic E-state index is 10.8. The lowest BCUT2D eigenvalue weighted by Gasteiger charge is -2.20. The van der Waals surface area contributed by atoms with Gasteiger partial charge in [-0.1, -0.05) is 40.7 Å². The molecule has 0 spiro atoms. The highest BCUT2D eigenvalue weighted by atomic mass is 79.9. The SMILES string of the molecule is CCc1cc(Br)ccc1C(O)C(O)CSC(C)=O. The molecule has 0 radical (unpaired) electrons. The van der Waals surface area contributed by atoms with E-state index < -0.39 is 12.2 Å². The Balaban J connectivity index is 2.82. The normalized spacial score (nSPS) is 14.3. The molecule has 0 aromatic heterocycles. The van der Waals surface area contributed by atoms with Crippen molar-refractivity contribution in [1.82, 2.24) is 0 Å². The van der Waals surface area contributed by atoms with Gasteiger partial charge in [0.05, 0.1) is 6.10 Å². The zero-order valence-corrected chi connectivity index (χ0v) is 12.8. The van der Waals surface area contributed by atoms with Crippen molar-refractivity contribution in [2.45, 2.75) is 32.5 Å². The lowest BCUT2D eigenvalue weighted by atomic mass is 9.98. The van der Waals surface area contributed by atoms with E-state index in [-0.39, 0.29) is 10.9 Å². The van der Waals surface area contributed by atoms with Crippen LogP contribution in [-0.4, -0.2) is 27.2 Å². The topological polar surface area (TPSA) is 57.5 Å². The number of benzene rings is 1. The molecule has 0 aliphatic carbocycles. The fourth-order valence-electron chi connectivity index (χ4n) is 1.67. The van der Waals surface area contributed by atoms with E-state index >= 15 is 0 Å². The molecule has 1 aromatic carbocycles. The smallest absolute Gasteiger partial charge is 0.185 e. The first-order valence-electron chi connectivity index (χ1n) is 5.73. The summed E-state index contributed by atoms with van der Waals surface area (Å²) in [7, 11) is 0. The molecule has 1 rings (SSSR count). The van der Waals surface area contributed by atoms with Gasteiger partial charge in [0.1, 0.15) is 6.10 Å². The summed E-state index contributed by atoms with van der Waals surface area (Å²) in [5.41, 5.74) is 1.71. The Morgan fingerprint density at radius 1 is 1.44 bits per heavy atom. The van der Waals surface area contributed by atoms with Crippen LogP contribution in [0.15, 0.2) is 22.7 Å². The number of aliphatic hydroxyl groups is 2. The molecule has 3 nitrogen and oxygen atoms in total. The van der Waals surface area contributed by atoms with Gasteiger partial charge in [-0.2, -0.15) is 0 Å². The minimum atomic E-state index is -0.958. The molecule has 2 unspecified atom stereocenters. The molecule has 0 fully saturated rings. The fraction of sp³-hybridized carbons (Fsp3) is 0.462. The minimum absolute atomic E-state index is 0.0622. The Hall–Kier alpha value is -0.360. The molecule has 0 aliphatic rings. The van der Waals surface area contributed by atoms with Crippen molar-refractivity contribution in [3.05, 3.63) is 33.8 Å². The van der Waals surface area contributed by atoms with Gasteiger partial charge in [-0.15, -0.1) is 0 Å². The number of carbonyl (C=O) groups excluding carboxylic acids is 1. The minimum Gasteiger partial charge on any atom is -0.389 e. The third kappa shape index (κ3) is 4.39. The summed E-state index contributed by atoms with van der Waals surface area (Å²) >= 11 is 4.40. The maximum absolute atomic E-state index is 10.8. The van der Waals surface area contributed by atoms with Gasteiger partial charge in [-0.3, -0.25) is 4.79 Å². The zero-order chi connectivity index (χ0) is 13.7. The number of aryl methyl sites for hydroxylation is 1. The predicted octanol–water partition coefficient (Wildman–Crippen LogP) is 2.69. The average Bonchev–Trinajstić information content (AvgIpc) is 2.34. The number of rotatable bonds is 5. The highest BCUT2D eigenvalue weighted by molar-refractivity contribution is 9.10. The summed E-state index contributed by atoms with van der Waals surface area (Å²) in [6.45, 7) is 3.44. The number of halogens is 1. The highest BCUT2D eigenvalue weighted by Gasteiger charge is 2.21. The Labute approximate surface area is 120 Å². The molecule has 0 amide bonds. The number of carbonyl (C=O) groups is 1. The third-order valence-corrected chi connectivity index (χ3v) is 4.03. The van der Waals surface area contributed by atoms with Crippen LogP contribution in [0.2, 0.25) is 0 Å². The van der Waals surface area contributed by atoms with Gasteiger partial charge < -0.3 is 10.2 Å². The number of aliphatic hydroxyl groups excluding tert-OH is 2. The first-order chi connectivity index (χ1) is 8.45. The summed E-state index contributed by atoms with van der Waals surface area (Å²) in [4.78, 5) is 10.8. The Kier molecular flexibility index (Phi) is 6.35. The van der Waals surface area contributed by atoms with Gasteiger partial charge in [-0.05, 0) is 29.7 Å². The number of thioether (sulfide) groups is 1. The second kappa shape index (κ2) is 7.28. The van der Waals surface area contributed by atoms with E-state index in [1.165, 1.54) is 6.92 Å². The van der Waals surface area contributed by atoms with Gasteiger partial charge in [0.15, 0.2) is 5.12 Å². The molecule has 0 bridgehead atoms. The quantitative estimate of drug-likeness (QED) is 0.870. The second-order valence-corrected chi connectivity index (χ2v) is 6.12. The van der Waals surface area contributed by atoms with Crippen LogP contribution in [0, 0.1) is 0 Å². The van der Waals surface area contributed by atoms with Gasteiger partial charge >= 0.3 is 0 Å². The van der Waals surface area contributed by atoms with Gasteiger partial charge in [0.2, 0.25) is 0 Å². The number of hydrogen-bond donors (Lipinski definition) is 2. The first kappa shape index (κ1) is 15.7. The van der Waals surface area contributed by atoms with Crippen molar-refractivity contribution < 1.29 is 15.0 Å². The monoisotopic (exact) mass is 332 g/mol. The molecule has 18 heavy (non-hydrogen) atoms. The van der Waals surface area contributed by atoms with E-state index in [1.54, 1.807) is 6.07 Å². The molecule has 0 heterocycles. The average molecular weight is 333 g/mol. The molecular weight excluding hydrogens is 316 g/mol. The van der Waals surface area contributed by atoms with Gasteiger partial charge in [-0.25, -0.2) is 0 Å². The van der Waals surface area contributed by atoms with Crippen LogP contribution in [0.4, 0.5) is 0 Å². The summed E-state index contributed by atoms with van der Waals surface area (Å²) < 4.78 is 0.947. The van der Waals surface area contributed by atoms with Crippen molar-refractivity contribution in [3.63, 3.8) is 0 Å². The Morgan fingerprint density at radius 2 is 2.11 bits per heavy atom. The molecule has 0 saturated carbocycles. The van der Waals surface area contributed by atoms with Crippen molar-refractivity contribution in [3.8, 4) is 0 Å². The molecule has 2 N–H and O–H groups in total. The third-order valence-electron chi connectivity index (χ3n) is 2.63. The van der Waals surface area contributed by atoms with Gasteiger partial charge in [0, 0.05) is 17.1 Å². The van der Waals surface area contributed by atoms with Crippen LogP contribution in [-0.2, 0) is 11.2 Å². The van der Waals surface area contributed by atoms with Crippen molar-refractivity contribution in [1.29, 1.82) is 0 Å². The van der Waals surface area contributed by atoms with Gasteiger partial charge in [0.25, 0.3) is 0 Å². The predicted molar refractivity (Wildman–Crippen MR) is 77.6 cm³/mol. The van der Waals surface area contributed by atoms with E-state index in [0.717, 1.165) is 33.8 Å². The summed E-state index contributed by atoms with van der Waals surface area (Å²) in [5, 5.41) is 19.9. The molecular formula is C13H17BrO3S. The van der Waals surface area contributed by atoms with E-state index in [0.29, 0.717) is 0 Å². The van der Waals surface area contributed by atoms with Crippen LogP contribution in [0.1, 0.15) is 31.1 Å². The van der Waals surface area contributed by atoms with E-state index in [1.807, 2.05) is 19.1 Å². The summed E-state index contributed by atoms with van der Waals surface area (Å²) in [5.74, 6) is 0.204.